The van der Waals surface area contributed by atoms with Gasteiger partial charge in [-0.3, -0.25) is 10.2 Å². The first-order chi connectivity index (χ1) is 18.8. The SMILES string of the molecule is COc1cccc([C@@H]2OC(c3ccc(OCCCO)cc3)=N[C@]2(CCS(=O)(=O)c2ccccc2)C(=O)NN)c1. The first kappa shape index (κ1) is 28.1. The summed E-state index contributed by atoms with van der Waals surface area (Å²) in [7, 11) is -2.23. The summed E-state index contributed by atoms with van der Waals surface area (Å²) >= 11 is 0. The molecule has 0 spiro atoms. The minimum Gasteiger partial charge on any atom is -0.497 e. The fourth-order valence-electron chi connectivity index (χ4n) is 4.34. The first-order valence-electron chi connectivity index (χ1n) is 12.4. The van der Waals surface area contributed by atoms with Crippen LogP contribution in [0, 0.1) is 0 Å². The number of carbonyl (C=O) groups is 1. The minimum atomic E-state index is -3.75. The van der Waals surface area contributed by atoms with Crippen molar-refractivity contribution in [1.82, 2.24) is 5.43 Å². The third kappa shape index (κ3) is 6.22. The number of carbonyl (C=O) groups excluding carboxylic acids is 1. The van der Waals surface area contributed by atoms with Crippen LogP contribution < -0.4 is 20.7 Å². The van der Waals surface area contributed by atoms with Crippen molar-refractivity contribution in [2.75, 3.05) is 26.1 Å². The highest BCUT2D eigenvalue weighted by atomic mass is 32.2. The van der Waals surface area contributed by atoms with E-state index in [4.69, 9.17) is 30.2 Å². The Bertz CT molecular complexity index is 1410. The summed E-state index contributed by atoms with van der Waals surface area (Å²) in [6.45, 7) is 0.389. The molecule has 39 heavy (non-hydrogen) atoms. The van der Waals surface area contributed by atoms with Crippen molar-refractivity contribution in [3.05, 3.63) is 90.0 Å². The number of aliphatic imine (C=N–C) groups is 1. The zero-order valence-electron chi connectivity index (χ0n) is 21.4. The summed E-state index contributed by atoms with van der Waals surface area (Å²) in [5.41, 5.74) is 1.62. The maximum absolute atomic E-state index is 13.4. The van der Waals surface area contributed by atoms with Gasteiger partial charge in [0.1, 0.15) is 11.5 Å². The van der Waals surface area contributed by atoms with Crippen LogP contribution >= 0.6 is 0 Å². The number of rotatable bonds is 12. The van der Waals surface area contributed by atoms with Crippen LogP contribution in [0.2, 0.25) is 0 Å². The van der Waals surface area contributed by atoms with E-state index in [0.717, 1.165) is 0 Å². The van der Waals surface area contributed by atoms with Gasteiger partial charge in [-0.2, -0.15) is 0 Å². The average Bonchev–Trinajstić information content (AvgIpc) is 3.38. The van der Waals surface area contributed by atoms with Gasteiger partial charge in [0.15, 0.2) is 21.5 Å². The molecule has 1 aliphatic heterocycles. The van der Waals surface area contributed by atoms with E-state index in [9.17, 15) is 13.2 Å². The highest BCUT2D eigenvalue weighted by Crippen LogP contribution is 2.43. The van der Waals surface area contributed by atoms with E-state index < -0.39 is 27.4 Å². The van der Waals surface area contributed by atoms with Crippen LogP contribution in [0.4, 0.5) is 0 Å². The summed E-state index contributed by atoms with van der Waals surface area (Å²) in [6, 6.07) is 21.9. The fourth-order valence-corrected chi connectivity index (χ4v) is 5.72. The number of benzene rings is 3. The largest absolute Gasteiger partial charge is 0.497 e. The maximum atomic E-state index is 13.4. The van der Waals surface area contributed by atoms with Crippen molar-refractivity contribution in [1.29, 1.82) is 0 Å². The Morgan fingerprint density at radius 3 is 2.49 bits per heavy atom. The van der Waals surface area contributed by atoms with Crippen LogP contribution in [0.5, 0.6) is 11.5 Å². The molecule has 1 aliphatic rings. The molecular formula is C28H31N3O7S. The maximum Gasteiger partial charge on any atom is 0.266 e. The van der Waals surface area contributed by atoms with E-state index in [1.807, 2.05) is 0 Å². The molecule has 1 amide bonds. The van der Waals surface area contributed by atoms with Crippen LogP contribution in [0.3, 0.4) is 0 Å². The highest BCUT2D eigenvalue weighted by Gasteiger charge is 2.53. The number of methoxy groups -OCH3 is 1. The number of hydrogen-bond donors (Lipinski definition) is 3. The van der Waals surface area contributed by atoms with Gasteiger partial charge in [0.05, 0.1) is 24.4 Å². The second-order valence-corrected chi connectivity index (χ2v) is 11.0. The molecule has 2 atom stereocenters. The number of nitrogens with zero attached hydrogens (tertiary/aromatic N) is 1. The third-order valence-electron chi connectivity index (χ3n) is 6.41. The molecule has 0 fully saturated rings. The van der Waals surface area contributed by atoms with Crippen LogP contribution in [-0.2, 0) is 19.4 Å². The van der Waals surface area contributed by atoms with Gasteiger partial charge in [-0.1, -0.05) is 30.3 Å². The average molecular weight is 554 g/mol. The number of aliphatic hydroxyl groups excluding tert-OH is 1. The Hall–Kier alpha value is -3.93. The van der Waals surface area contributed by atoms with E-state index >= 15 is 0 Å². The van der Waals surface area contributed by atoms with Gasteiger partial charge in [-0.05, 0) is 54.1 Å². The molecular weight excluding hydrogens is 522 g/mol. The van der Waals surface area contributed by atoms with Gasteiger partial charge in [0, 0.05) is 25.0 Å². The van der Waals surface area contributed by atoms with Gasteiger partial charge in [-0.25, -0.2) is 19.3 Å². The number of aliphatic hydroxyl groups is 1. The monoisotopic (exact) mass is 553 g/mol. The Kier molecular flexibility index (Phi) is 8.85. The minimum absolute atomic E-state index is 0.0275. The molecule has 0 saturated heterocycles. The standard InChI is InChI=1S/C28H31N3O7S/c1-36-23-8-5-7-21(19-23)25-28(27(33)31-29,15-18-39(34,35)24-9-3-2-4-10-24)30-26(38-25)20-11-13-22(14-12-20)37-17-6-16-32/h2-5,7-14,19,25,32H,6,15-18,29H2,1H3,(H,31,33)/t25-,28-/m0/s1. The van der Waals surface area contributed by atoms with Gasteiger partial charge < -0.3 is 19.3 Å². The topological polar surface area (TPSA) is 150 Å². The van der Waals surface area contributed by atoms with Crippen molar-refractivity contribution in [2.45, 2.75) is 29.4 Å². The molecule has 0 aliphatic carbocycles. The predicted molar refractivity (Wildman–Crippen MR) is 145 cm³/mol. The molecule has 11 heteroatoms. The Balaban J connectivity index is 1.74. The van der Waals surface area contributed by atoms with Crippen molar-refractivity contribution < 1.29 is 32.5 Å². The molecule has 10 nitrogen and oxygen atoms in total. The van der Waals surface area contributed by atoms with Crippen LogP contribution in [-0.4, -0.2) is 56.9 Å². The summed E-state index contributed by atoms with van der Waals surface area (Å²) in [5.74, 6) is 5.84. The van der Waals surface area contributed by atoms with Gasteiger partial charge in [-0.15, -0.1) is 0 Å². The van der Waals surface area contributed by atoms with E-state index in [1.54, 1.807) is 66.7 Å². The van der Waals surface area contributed by atoms with Crippen molar-refractivity contribution in [3.63, 3.8) is 0 Å². The third-order valence-corrected chi connectivity index (χ3v) is 8.14. The molecule has 4 rings (SSSR count). The summed E-state index contributed by atoms with van der Waals surface area (Å²) in [6.07, 6.45) is -0.679. The second-order valence-electron chi connectivity index (χ2n) is 8.92. The van der Waals surface area contributed by atoms with Gasteiger partial charge in [0.25, 0.3) is 5.91 Å². The van der Waals surface area contributed by atoms with Crippen molar-refractivity contribution in [3.8, 4) is 11.5 Å². The molecule has 4 N–H and O–H groups in total. The van der Waals surface area contributed by atoms with E-state index in [-0.39, 0.29) is 29.6 Å². The van der Waals surface area contributed by atoms with Crippen LogP contribution in [0.25, 0.3) is 0 Å². The van der Waals surface area contributed by atoms with Crippen LogP contribution in [0.15, 0.2) is 88.8 Å². The molecule has 3 aromatic carbocycles. The van der Waals surface area contributed by atoms with E-state index in [0.29, 0.717) is 35.7 Å². The molecule has 0 saturated carbocycles. The molecule has 0 radical (unpaired) electrons. The Morgan fingerprint density at radius 2 is 1.82 bits per heavy atom. The van der Waals surface area contributed by atoms with Gasteiger partial charge in [0.2, 0.25) is 5.90 Å². The lowest BCUT2D eigenvalue weighted by atomic mass is 9.85. The summed E-state index contributed by atoms with van der Waals surface area (Å²) < 4.78 is 43.6. The number of sulfone groups is 1. The zero-order valence-corrected chi connectivity index (χ0v) is 22.3. The summed E-state index contributed by atoms with van der Waals surface area (Å²) in [5, 5.41) is 8.96. The number of nitrogens with two attached hydrogens (primary N) is 1. The Morgan fingerprint density at radius 1 is 1.08 bits per heavy atom. The molecule has 0 aromatic heterocycles. The number of nitrogens with one attached hydrogen (secondary N) is 1. The lowest BCUT2D eigenvalue weighted by Gasteiger charge is -2.30. The number of hydrogen-bond acceptors (Lipinski definition) is 9. The van der Waals surface area contributed by atoms with E-state index in [1.165, 1.54) is 19.2 Å². The fraction of sp³-hybridized carbons (Fsp3) is 0.286. The molecule has 3 aromatic rings. The van der Waals surface area contributed by atoms with Crippen molar-refractivity contribution in [2.24, 2.45) is 10.8 Å². The number of hydrazine groups is 1. The van der Waals surface area contributed by atoms with E-state index in [2.05, 4.69) is 5.43 Å². The second kappa shape index (κ2) is 12.3. The molecule has 0 unspecified atom stereocenters. The molecule has 0 bridgehead atoms. The quantitative estimate of drug-likeness (QED) is 0.134. The summed E-state index contributed by atoms with van der Waals surface area (Å²) in [4.78, 5) is 18.3. The molecule has 1 heterocycles. The number of amides is 1. The predicted octanol–water partition coefficient (Wildman–Crippen LogP) is 2.57. The lowest BCUT2D eigenvalue weighted by Crippen LogP contribution is -2.51. The van der Waals surface area contributed by atoms with Crippen LogP contribution in [0.1, 0.15) is 30.1 Å². The van der Waals surface area contributed by atoms with Crippen molar-refractivity contribution >= 4 is 21.6 Å². The smallest absolute Gasteiger partial charge is 0.266 e. The highest BCUT2D eigenvalue weighted by molar-refractivity contribution is 7.91. The normalized spacial score (nSPS) is 18.6. The molecule has 206 valence electrons. The Labute approximate surface area is 227 Å². The lowest BCUT2D eigenvalue weighted by molar-refractivity contribution is -0.129. The van der Waals surface area contributed by atoms with Gasteiger partial charge >= 0.3 is 0 Å². The first-order valence-corrected chi connectivity index (χ1v) is 14.0. The number of ether oxygens (including phenoxy) is 3. The zero-order chi connectivity index (χ0) is 27.9.